The van der Waals surface area contributed by atoms with Crippen LogP contribution in [0.2, 0.25) is 0 Å². The van der Waals surface area contributed by atoms with Gasteiger partial charge < -0.3 is 10.6 Å². The number of nitrogens with two attached hydrogens (primary N) is 1. The summed E-state index contributed by atoms with van der Waals surface area (Å²) in [4.78, 5) is 2.46. The SMILES string of the molecule is CC(CN)CCC1CCCN(C)C1. The van der Waals surface area contributed by atoms with Gasteiger partial charge in [-0.25, -0.2) is 0 Å². The minimum absolute atomic E-state index is 0.715. The molecule has 0 radical (unpaired) electrons. The number of likely N-dealkylation sites (tertiary alicyclic amines) is 1. The van der Waals surface area contributed by atoms with Crippen molar-refractivity contribution < 1.29 is 0 Å². The fourth-order valence-corrected chi connectivity index (χ4v) is 2.15. The molecule has 2 N–H and O–H groups in total. The molecule has 2 nitrogen and oxygen atoms in total. The highest BCUT2D eigenvalue weighted by molar-refractivity contribution is 4.71. The molecular formula is C11H24N2. The molecule has 1 saturated heterocycles. The van der Waals surface area contributed by atoms with Gasteiger partial charge in [0.2, 0.25) is 0 Å². The van der Waals surface area contributed by atoms with Crippen molar-refractivity contribution in [1.82, 2.24) is 4.90 Å². The Hall–Kier alpha value is -0.0800. The maximum Gasteiger partial charge on any atom is 0.000662 e. The van der Waals surface area contributed by atoms with Gasteiger partial charge in [0.1, 0.15) is 0 Å². The zero-order valence-electron chi connectivity index (χ0n) is 9.13. The van der Waals surface area contributed by atoms with Gasteiger partial charge in [0.25, 0.3) is 0 Å². The average molecular weight is 184 g/mol. The minimum atomic E-state index is 0.715. The van der Waals surface area contributed by atoms with Crippen LogP contribution in [0.4, 0.5) is 0 Å². The third-order valence-electron chi connectivity index (χ3n) is 3.19. The van der Waals surface area contributed by atoms with Crippen LogP contribution >= 0.6 is 0 Å². The number of rotatable bonds is 4. The van der Waals surface area contributed by atoms with Gasteiger partial charge in [-0.3, -0.25) is 0 Å². The van der Waals surface area contributed by atoms with E-state index in [0.29, 0.717) is 5.92 Å². The van der Waals surface area contributed by atoms with Crippen LogP contribution in [0.25, 0.3) is 0 Å². The summed E-state index contributed by atoms with van der Waals surface area (Å²) in [5, 5.41) is 0. The third-order valence-corrected chi connectivity index (χ3v) is 3.19. The van der Waals surface area contributed by atoms with Crippen molar-refractivity contribution in [1.29, 1.82) is 0 Å². The van der Waals surface area contributed by atoms with Crippen LogP contribution < -0.4 is 5.73 Å². The van der Waals surface area contributed by atoms with Gasteiger partial charge in [-0.2, -0.15) is 0 Å². The number of nitrogens with zero attached hydrogens (tertiary/aromatic N) is 1. The molecule has 2 atom stereocenters. The lowest BCUT2D eigenvalue weighted by molar-refractivity contribution is 0.195. The first-order valence-electron chi connectivity index (χ1n) is 5.61. The zero-order chi connectivity index (χ0) is 9.68. The number of hydrogen-bond acceptors (Lipinski definition) is 2. The molecular weight excluding hydrogens is 160 g/mol. The molecule has 1 aliphatic heterocycles. The lowest BCUT2D eigenvalue weighted by Crippen LogP contribution is -2.32. The molecule has 0 spiro atoms. The molecule has 2 unspecified atom stereocenters. The molecule has 13 heavy (non-hydrogen) atoms. The molecule has 0 aromatic heterocycles. The molecule has 1 heterocycles. The summed E-state index contributed by atoms with van der Waals surface area (Å²) in [5.74, 6) is 1.65. The predicted molar refractivity (Wildman–Crippen MR) is 57.7 cm³/mol. The zero-order valence-corrected chi connectivity index (χ0v) is 9.13. The van der Waals surface area contributed by atoms with Crippen LogP contribution in [-0.4, -0.2) is 31.6 Å². The highest BCUT2D eigenvalue weighted by Gasteiger charge is 2.17. The Balaban J connectivity index is 2.13. The van der Waals surface area contributed by atoms with Gasteiger partial charge >= 0.3 is 0 Å². The van der Waals surface area contributed by atoms with E-state index in [4.69, 9.17) is 5.73 Å². The van der Waals surface area contributed by atoms with E-state index in [1.165, 1.54) is 38.8 Å². The molecule has 1 aliphatic rings. The van der Waals surface area contributed by atoms with Gasteiger partial charge in [-0.05, 0) is 57.7 Å². The van der Waals surface area contributed by atoms with E-state index < -0.39 is 0 Å². The van der Waals surface area contributed by atoms with Gasteiger partial charge in [0.05, 0.1) is 0 Å². The molecule has 0 saturated carbocycles. The first kappa shape index (κ1) is 11.0. The largest absolute Gasteiger partial charge is 0.330 e. The monoisotopic (exact) mass is 184 g/mol. The molecule has 1 fully saturated rings. The fraction of sp³-hybridized carbons (Fsp3) is 1.00. The minimum Gasteiger partial charge on any atom is -0.330 e. The van der Waals surface area contributed by atoms with E-state index in [1.54, 1.807) is 0 Å². The van der Waals surface area contributed by atoms with Gasteiger partial charge in [-0.1, -0.05) is 6.92 Å². The summed E-state index contributed by atoms with van der Waals surface area (Å²) in [6.07, 6.45) is 5.51. The summed E-state index contributed by atoms with van der Waals surface area (Å²) in [6, 6.07) is 0. The summed E-state index contributed by atoms with van der Waals surface area (Å²) in [6.45, 7) is 5.70. The Morgan fingerprint density at radius 2 is 2.31 bits per heavy atom. The average Bonchev–Trinajstić information content (AvgIpc) is 2.14. The van der Waals surface area contributed by atoms with E-state index in [0.717, 1.165) is 12.5 Å². The van der Waals surface area contributed by atoms with Crippen molar-refractivity contribution in [3.8, 4) is 0 Å². The molecule has 1 rings (SSSR count). The van der Waals surface area contributed by atoms with E-state index in [-0.39, 0.29) is 0 Å². The second kappa shape index (κ2) is 5.61. The summed E-state index contributed by atoms with van der Waals surface area (Å²) < 4.78 is 0. The Morgan fingerprint density at radius 3 is 2.92 bits per heavy atom. The van der Waals surface area contributed by atoms with Crippen molar-refractivity contribution in [2.24, 2.45) is 17.6 Å². The van der Waals surface area contributed by atoms with Crippen LogP contribution in [0.3, 0.4) is 0 Å². The molecule has 0 bridgehead atoms. The lowest BCUT2D eigenvalue weighted by atomic mass is 9.90. The standard InChI is InChI=1S/C11H24N2/c1-10(8-12)5-6-11-4-3-7-13(2)9-11/h10-11H,3-9,12H2,1-2H3. The van der Waals surface area contributed by atoms with Crippen molar-refractivity contribution in [2.45, 2.75) is 32.6 Å². The van der Waals surface area contributed by atoms with Crippen molar-refractivity contribution in [3.63, 3.8) is 0 Å². The van der Waals surface area contributed by atoms with E-state index in [2.05, 4.69) is 18.9 Å². The van der Waals surface area contributed by atoms with Crippen LogP contribution in [0.1, 0.15) is 32.6 Å². The van der Waals surface area contributed by atoms with E-state index in [9.17, 15) is 0 Å². The molecule has 0 aromatic rings. The maximum atomic E-state index is 5.60. The molecule has 2 heteroatoms. The van der Waals surface area contributed by atoms with Crippen molar-refractivity contribution in [3.05, 3.63) is 0 Å². The van der Waals surface area contributed by atoms with Gasteiger partial charge in [-0.15, -0.1) is 0 Å². The third kappa shape index (κ3) is 4.10. The fourth-order valence-electron chi connectivity index (χ4n) is 2.15. The second-order valence-corrected chi connectivity index (χ2v) is 4.69. The van der Waals surface area contributed by atoms with Crippen LogP contribution in [0, 0.1) is 11.8 Å². The van der Waals surface area contributed by atoms with Gasteiger partial charge in [0.15, 0.2) is 0 Å². The first-order chi connectivity index (χ1) is 6.22. The highest BCUT2D eigenvalue weighted by atomic mass is 15.1. The Labute approximate surface area is 82.5 Å². The molecule has 0 amide bonds. The normalized spacial score (nSPS) is 27.5. The smallest absolute Gasteiger partial charge is 0.000662 e. The molecule has 0 aliphatic carbocycles. The quantitative estimate of drug-likeness (QED) is 0.720. The molecule has 78 valence electrons. The molecule has 0 aromatic carbocycles. The van der Waals surface area contributed by atoms with Gasteiger partial charge in [0, 0.05) is 6.54 Å². The number of hydrogen-bond donors (Lipinski definition) is 1. The Morgan fingerprint density at radius 1 is 1.54 bits per heavy atom. The maximum absolute atomic E-state index is 5.60. The first-order valence-corrected chi connectivity index (χ1v) is 5.61. The van der Waals surface area contributed by atoms with E-state index in [1.807, 2.05) is 0 Å². The summed E-state index contributed by atoms with van der Waals surface area (Å²) in [5.41, 5.74) is 5.60. The van der Waals surface area contributed by atoms with E-state index >= 15 is 0 Å². The second-order valence-electron chi connectivity index (χ2n) is 4.69. The van der Waals surface area contributed by atoms with Crippen LogP contribution in [-0.2, 0) is 0 Å². The lowest BCUT2D eigenvalue weighted by Gasteiger charge is -2.30. The Bertz CT molecular complexity index is 136. The predicted octanol–water partition coefficient (Wildman–Crippen LogP) is 1.70. The Kier molecular flexibility index (Phi) is 4.74. The van der Waals surface area contributed by atoms with Crippen molar-refractivity contribution in [2.75, 3.05) is 26.7 Å². The summed E-state index contributed by atoms with van der Waals surface area (Å²) in [7, 11) is 2.23. The van der Waals surface area contributed by atoms with Crippen molar-refractivity contribution >= 4 is 0 Å². The topological polar surface area (TPSA) is 29.3 Å². The number of piperidine rings is 1. The van der Waals surface area contributed by atoms with Crippen LogP contribution in [0.15, 0.2) is 0 Å². The summed E-state index contributed by atoms with van der Waals surface area (Å²) >= 11 is 0. The van der Waals surface area contributed by atoms with Crippen LogP contribution in [0.5, 0.6) is 0 Å². The highest BCUT2D eigenvalue weighted by Crippen LogP contribution is 2.21.